The fourth-order valence-electron chi connectivity index (χ4n) is 2.94. The second kappa shape index (κ2) is 5.63. The topological polar surface area (TPSA) is 40.5 Å². The summed E-state index contributed by atoms with van der Waals surface area (Å²) in [6.07, 6.45) is 1.79. The van der Waals surface area contributed by atoms with Gasteiger partial charge in [-0.15, -0.1) is 0 Å². The first-order chi connectivity index (χ1) is 9.78. The summed E-state index contributed by atoms with van der Waals surface area (Å²) in [6.45, 7) is 1.78. The standard InChI is InChI=1S/C17H19NO2/c19-10-8-13-7-9-18(12-13)17(20)16-6-5-14-3-1-2-4-15(14)11-16/h1-6,11,13,19H,7-10,12H2. The normalized spacial score (nSPS) is 18.6. The molecule has 1 saturated heterocycles. The van der Waals surface area contributed by atoms with E-state index in [2.05, 4.69) is 6.07 Å². The zero-order valence-corrected chi connectivity index (χ0v) is 11.5. The van der Waals surface area contributed by atoms with Gasteiger partial charge < -0.3 is 10.0 Å². The molecule has 1 N–H and O–H groups in total. The number of carbonyl (C=O) groups excluding carboxylic acids is 1. The summed E-state index contributed by atoms with van der Waals surface area (Å²) in [5, 5.41) is 11.2. The van der Waals surface area contributed by atoms with Gasteiger partial charge in [-0.3, -0.25) is 4.79 Å². The van der Waals surface area contributed by atoms with E-state index in [1.54, 1.807) is 0 Å². The molecule has 2 aromatic carbocycles. The van der Waals surface area contributed by atoms with Gasteiger partial charge in [0.05, 0.1) is 0 Å². The molecule has 104 valence electrons. The molecule has 3 rings (SSSR count). The van der Waals surface area contributed by atoms with Crippen LogP contribution in [0.5, 0.6) is 0 Å². The Bertz CT molecular complexity index is 623. The number of aliphatic hydroxyl groups excluding tert-OH is 1. The molecule has 0 spiro atoms. The number of fused-ring (bicyclic) bond motifs is 1. The Labute approximate surface area is 118 Å². The van der Waals surface area contributed by atoms with E-state index in [1.165, 1.54) is 0 Å². The van der Waals surface area contributed by atoms with Gasteiger partial charge in [0.1, 0.15) is 0 Å². The number of hydrogen-bond acceptors (Lipinski definition) is 2. The van der Waals surface area contributed by atoms with Crippen molar-refractivity contribution >= 4 is 16.7 Å². The average Bonchev–Trinajstić information content (AvgIpc) is 2.95. The van der Waals surface area contributed by atoms with E-state index in [9.17, 15) is 4.79 Å². The van der Waals surface area contributed by atoms with Crippen LogP contribution in [0.4, 0.5) is 0 Å². The molecule has 1 unspecified atom stereocenters. The van der Waals surface area contributed by atoms with Gasteiger partial charge in [0, 0.05) is 25.3 Å². The Hall–Kier alpha value is -1.87. The number of carbonyl (C=O) groups is 1. The second-order valence-electron chi connectivity index (χ2n) is 5.48. The summed E-state index contributed by atoms with van der Waals surface area (Å²) in [4.78, 5) is 14.4. The Morgan fingerprint density at radius 3 is 2.80 bits per heavy atom. The van der Waals surface area contributed by atoms with E-state index in [-0.39, 0.29) is 12.5 Å². The van der Waals surface area contributed by atoms with E-state index >= 15 is 0 Å². The van der Waals surface area contributed by atoms with Gasteiger partial charge in [-0.2, -0.15) is 0 Å². The molecule has 1 aliphatic heterocycles. The Kier molecular flexibility index (Phi) is 3.70. The SMILES string of the molecule is O=C(c1ccc2ccccc2c1)N1CCC(CCO)C1. The van der Waals surface area contributed by atoms with Crippen molar-refractivity contribution in [1.82, 2.24) is 4.90 Å². The molecule has 3 heteroatoms. The van der Waals surface area contributed by atoms with Crippen LogP contribution in [0, 0.1) is 5.92 Å². The minimum atomic E-state index is 0.108. The van der Waals surface area contributed by atoms with Crippen LogP contribution >= 0.6 is 0 Å². The second-order valence-corrected chi connectivity index (χ2v) is 5.48. The number of nitrogens with zero attached hydrogens (tertiary/aromatic N) is 1. The van der Waals surface area contributed by atoms with Crippen LogP contribution < -0.4 is 0 Å². The number of likely N-dealkylation sites (tertiary alicyclic amines) is 1. The lowest BCUT2D eigenvalue weighted by atomic mass is 10.1. The summed E-state index contributed by atoms with van der Waals surface area (Å²) in [5.41, 5.74) is 0.758. The molecule has 2 aromatic rings. The van der Waals surface area contributed by atoms with Crippen molar-refractivity contribution in [2.75, 3.05) is 19.7 Å². The molecule has 0 saturated carbocycles. The maximum absolute atomic E-state index is 12.5. The maximum Gasteiger partial charge on any atom is 0.253 e. The smallest absolute Gasteiger partial charge is 0.253 e. The molecular weight excluding hydrogens is 250 g/mol. The van der Waals surface area contributed by atoms with Gasteiger partial charge in [0.2, 0.25) is 0 Å². The summed E-state index contributed by atoms with van der Waals surface area (Å²) in [6, 6.07) is 14.0. The molecule has 0 aliphatic carbocycles. The van der Waals surface area contributed by atoms with Crippen molar-refractivity contribution < 1.29 is 9.90 Å². The van der Waals surface area contributed by atoms with Crippen LogP contribution in [0.3, 0.4) is 0 Å². The van der Waals surface area contributed by atoms with Crippen LogP contribution in [0.25, 0.3) is 10.8 Å². The fourth-order valence-corrected chi connectivity index (χ4v) is 2.94. The van der Waals surface area contributed by atoms with Crippen molar-refractivity contribution in [3.8, 4) is 0 Å². The van der Waals surface area contributed by atoms with Crippen LogP contribution in [0.2, 0.25) is 0 Å². The van der Waals surface area contributed by atoms with Crippen molar-refractivity contribution in [2.24, 2.45) is 5.92 Å². The quantitative estimate of drug-likeness (QED) is 0.930. The summed E-state index contributed by atoms with van der Waals surface area (Å²) in [5.74, 6) is 0.556. The average molecular weight is 269 g/mol. The predicted molar refractivity (Wildman–Crippen MR) is 79.7 cm³/mol. The van der Waals surface area contributed by atoms with Gasteiger partial charge in [-0.25, -0.2) is 0 Å². The molecule has 1 fully saturated rings. The first kappa shape index (κ1) is 13.1. The van der Waals surface area contributed by atoms with Gasteiger partial charge >= 0.3 is 0 Å². The molecule has 1 aliphatic rings. The third-order valence-corrected chi connectivity index (χ3v) is 4.11. The van der Waals surface area contributed by atoms with Gasteiger partial charge in [0.25, 0.3) is 5.91 Å². The fraction of sp³-hybridized carbons (Fsp3) is 0.353. The van der Waals surface area contributed by atoms with Crippen molar-refractivity contribution in [2.45, 2.75) is 12.8 Å². The Morgan fingerprint density at radius 1 is 1.20 bits per heavy atom. The molecule has 0 radical (unpaired) electrons. The molecule has 1 heterocycles. The molecule has 1 amide bonds. The first-order valence-corrected chi connectivity index (χ1v) is 7.17. The van der Waals surface area contributed by atoms with Crippen molar-refractivity contribution in [3.05, 3.63) is 48.0 Å². The Morgan fingerprint density at radius 2 is 2.00 bits per heavy atom. The minimum absolute atomic E-state index is 0.108. The number of amides is 1. The predicted octanol–water partition coefficient (Wildman–Crippen LogP) is 2.68. The highest BCUT2D eigenvalue weighted by Crippen LogP contribution is 2.22. The monoisotopic (exact) mass is 269 g/mol. The molecule has 3 nitrogen and oxygen atoms in total. The van der Waals surface area contributed by atoms with Gasteiger partial charge in [-0.05, 0) is 41.7 Å². The number of hydrogen-bond donors (Lipinski definition) is 1. The molecule has 1 atom stereocenters. The molecule has 0 bridgehead atoms. The highest BCUT2D eigenvalue weighted by Gasteiger charge is 2.26. The molecular formula is C17H19NO2. The lowest BCUT2D eigenvalue weighted by molar-refractivity contribution is 0.0785. The van der Waals surface area contributed by atoms with Crippen molar-refractivity contribution in [3.63, 3.8) is 0 Å². The van der Waals surface area contributed by atoms with Crippen LogP contribution in [0.1, 0.15) is 23.2 Å². The molecule has 0 aromatic heterocycles. The largest absolute Gasteiger partial charge is 0.396 e. The van der Waals surface area contributed by atoms with Gasteiger partial charge in [-0.1, -0.05) is 30.3 Å². The summed E-state index contributed by atoms with van der Waals surface area (Å²) in [7, 11) is 0. The maximum atomic E-state index is 12.5. The van der Waals surface area contributed by atoms with E-state index < -0.39 is 0 Å². The van der Waals surface area contributed by atoms with Gasteiger partial charge in [0.15, 0.2) is 0 Å². The summed E-state index contributed by atoms with van der Waals surface area (Å²) >= 11 is 0. The van der Waals surface area contributed by atoms with E-state index in [0.717, 1.165) is 42.3 Å². The number of aliphatic hydroxyl groups is 1. The van der Waals surface area contributed by atoms with Crippen molar-refractivity contribution in [1.29, 1.82) is 0 Å². The third-order valence-electron chi connectivity index (χ3n) is 4.11. The third kappa shape index (κ3) is 2.54. The lowest BCUT2D eigenvalue weighted by Gasteiger charge is -2.16. The van der Waals surface area contributed by atoms with Crippen LogP contribution in [-0.2, 0) is 0 Å². The highest BCUT2D eigenvalue weighted by molar-refractivity contribution is 5.98. The zero-order valence-electron chi connectivity index (χ0n) is 11.5. The van der Waals surface area contributed by atoms with E-state index in [0.29, 0.717) is 5.92 Å². The van der Waals surface area contributed by atoms with Crippen LogP contribution in [-0.4, -0.2) is 35.6 Å². The van der Waals surface area contributed by atoms with E-state index in [4.69, 9.17) is 5.11 Å². The van der Waals surface area contributed by atoms with Crippen LogP contribution in [0.15, 0.2) is 42.5 Å². The molecule has 20 heavy (non-hydrogen) atoms. The zero-order chi connectivity index (χ0) is 13.9. The Balaban J connectivity index is 1.79. The first-order valence-electron chi connectivity index (χ1n) is 7.17. The number of benzene rings is 2. The minimum Gasteiger partial charge on any atom is -0.396 e. The summed E-state index contributed by atoms with van der Waals surface area (Å²) < 4.78 is 0. The lowest BCUT2D eigenvalue weighted by Crippen LogP contribution is -2.28. The number of rotatable bonds is 3. The van der Waals surface area contributed by atoms with E-state index in [1.807, 2.05) is 41.3 Å². The highest BCUT2D eigenvalue weighted by atomic mass is 16.3.